The molecule has 1 aliphatic heterocycles. The summed E-state index contributed by atoms with van der Waals surface area (Å²) >= 11 is 0. The number of esters is 1. The number of nitrogens with zero attached hydrogens (tertiary/aromatic N) is 3. The molecule has 2 heterocycles. The number of nitrogens with one attached hydrogen (secondary N) is 1. The van der Waals surface area contributed by atoms with E-state index < -0.39 is 5.97 Å². The van der Waals surface area contributed by atoms with Gasteiger partial charge in [-0.15, -0.1) is 0 Å². The van der Waals surface area contributed by atoms with Gasteiger partial charge in [-0.2, -0.15) is 0 Å². The maximum Gasteiger partial charge on any atom is 0.337 e. The van der Waals surface area contributed by atoms with Crippen LogP contribution in [0.25, 0.3) is 0 Å². The Bertz CT molecular complexity index is 807. The van der Waals surface area contributed by atoms with E-state index in [-0.39, 0.29) is 11.9 Å². The summed E-state index contributed by atoms with van der Waals surface area (Å²) in [6.45, 7) is 2.89. The molecule has 3 rings (SSSR count). The van der Waals surface area contributed by atoms with E-state index in [0.717, 1.165) is 31.5 Å². The molecule has 7 heteroatoms. The van der Waals surface area contributed by atoms with E-state index in [0.29, 0.717) is 17.2 Å². The van der Waals surface area contributed by atoms with Gasteiger partial charge in [-0.05, 0) is 56.0 Å². The van der Waals surface area contributed by atoms with Gasteiger partial charge in [-0.25, -0.2) is 14.8 Å². The topological polar surface area (TPSA) is 84.4 Å². The lowest BCUT2D eigenvalue weighted by Crippen LogP contribution is -2.43. The molecule has 1 aromatic carbocycles. The number of hydrogen-bond acceptors (Lipinski definition) is 6. The highest BCUT2D eigenvalue weighted by molar-refractivity contribution is 5.93. The van der Waals surface area contributed by atoms with Crippen LogP contribution in [-0.2, 0) is 4.74 Å². The lowest BCUT2D eigenvalue weighted by molar-refractivity contribution is 0.0593. The Kier molecular flexibility index (Phi) is 6.01. The molecule has 2 aromatic rings. The molecule has 142 valence electrons. The van der Waals surface area contributed by atoms with Crippen molar-refractivity contribution in [2.24, 2.45) is 0 Å². The standard InChI is InChI=1S/C20H24N4O3/c1-3-16-6-4-5-13-24(16)18(25)17-11-12-21-20(23-17)22-15-9-7-14(8-10-15)19(26)27-2/h7-12,16H,3-6,13H2,1-2H3,(H,21,22,23). The van der Waals surface area contributed by atoms with Crippen molar-refractivity contribution in [1.29, 1.82) is 0 Å². The quantitative estimate of drug-likeness (QED) is 0.814. The first-order chi connectivity index (χ1) is 13.1. The number of methoxy groups -OCH3 is 1. The highest BCUT2D eigenvalue weighted by atomic mass is 16.5. The average Bonchev–Trinajstić information content (AvgIpc) is 2.73. The van der Waals surface area contributed by atoms with Crippen LogP contribution in [0.1, 0.15) is 53.5 Å². The second kappa shape index (κ2) is 8.62. The number of aromatic nitrogens is 2. The van der Waals surface area contributed by atoms with Crippen LogP contribution in [0.3, 0.4) is 0 Å². The first-order valence-electron chi connectivity index (χ1n) is 9.21. The van der Waals surface area contributed by atoms with Gasteiger partial charge in [-0.3, -0.25) is 4.79 Å². The third-order valence-electron chi connectivity index (χ3n) is 4.80. The molecule has 0 spiro atoms. The fourth-order valence-electron chi connectivity index (χ4n) is 3.31. The molecule has 7 nitrogen and oxygen atoms in total. The van der Waals surface area contributed by atoms with Crippen LogP contribution >= 0.6 is 0 Å². The maximum absolute atomic E-state index is 12.9. The molecular weight excluding hydrogens is 344 g/mol. The highest BCUT2D eigenvalue weighted by Gasteiger charge is 2.27. The number of anilines is 2. The summed E-state index contributed by atoms with van der Waals surface area (Å²) in [5.41, 5.74) is 1.57. The van der Waals surface area contributed by atoms with Gasteiger partial charge in [0.25, 0.3) is 5.91 Å². The fourth-order valence-corrected chi connectivity index (χ4v) is 3.31. The first kappa shape index (κ1) is 18.8. The number of piperidine rings is 1. The Balaban J connectivity index is 1.73. The smallest absolute Gasteiger partial charge is 0.337 e. The average molecular weight is 368 g/mol. The summed E-state index contributed by atoms with van der Waals surface area (Å²) in [4.78, 5) is 34.9. The molecule has 1 aliphatic rings. The summed E-state index contributed by atoms with van der Waals surface area (Å²) in [5.74, 6) is -0.0952. The van der Waals surface area contributed by atoms with Gasteiger partial charge in [0.2, 0.25) is 5.95 Å². The van der Waals surface area contributed by atoms with Crippen LogP contribution in [0.4, 0.5) is 11.6 Å². The zero-order chi connectivity index (χ0) is 19.2. The van der Waals surface area contributed by atoms with Crippen LogP contribution in [-0.4, -0.2) is 46.4 Å². The van der Waals surface area contributed by atoms with E-state index in [1.165, 1.54) is 13.5 Å². The van der Waals surface area contributed by atoms with Crippen molar-refractivity contribution < 1.29 is 14.3 Å². The van der Waals surface area contributed by atoms with Crippen LogP contribution in [0.2, 0.25) is 0 Å². The molecule has 0 radical (unpaired) electrons. The first-order valence-corrected chi connectivity index (χ1v) is 9.21. The number of ether oxygens (including phenoxy) is 1. The predicted octanol–water partition coefficient (Wildman–Crippen LogP) is 3.41. The van der Waals surface area contributed by atoms with E-state index in [9.17, 15) is 9.59 Å². The summed E-state index contributed by atoms with van der Waals surface area (Å²) in [7, 11) is 1.34. The van der Waals surface area contributed by atoms with Gasteiger partial charge in [0.1, 0.15) is 5.69 Å². The Morgan fingerprint density at radius 3 is 2.70 bits per heavy atom. The molecule has 1 amide bonds. The number of amides is 1. The van der Waals surface area contributed by atoms with Gasteiger partial charge < -0.3 is 15.0 Å². The molecule has 1 aromatic heterocycles. The molecule has 0 aliphatic carbocycles. The number of hydrogen-bond donors (Lipinski definition) is 1. The Morgan fingerprint density at radius 1 is 1.22 bits per heavy atom. The van der Waals surface area contributed by atoms with Gasteiger partial charge in [0.15, 0.2) is 0 Å². The van der Waals surface area contributed by atoms with E-state index >= 15 is 0 Å². The van der Waals surface area contributed by atoms with Crippen molar-refractivity contribution in [3.8, 4) is 0 Å². The Hall–Kier alpha value is -2.96. The minimum atomic E-state index is -0.391. The normalized spacial score (nSPS) is 16.7. The molecular formula is C20H24N4O3. The van der Waals surface area contributed by atoms with Crippen molar-refractivity contribution in [3.63, 3.8) is 0 Å². The van der Waals surface area contributed by atoms with E-state index in [2.05, 4.69) is 26.9 Å². The number of carbonyl (C=O) groups is 2. The number of rotatable bonds is 5. The molecule has 1 N–H and O–H groups in total. The van der Waals surface area contributed by atoms with Crippen molar-refractivity contribution in [3.05, 3.63) is 47.8 Å². The highest BCUT2D eigenvalue weighted by Crippen LogP contribution is 2.22. The van der Waals surface area contributed by atoms with Crippen LogP contribution < -0.4 is 5.32 Å². The Morgan fingerprint density at radius 2 is 2.00 bits per heavy atom. The molecule has 0 saturated carbocycles. The zero-order valence-electron chi connectivity index (χ0n) is 15.6. The minimum Gasteiger partial charge on any atom is -0.465 e. The second-order valence-corrected chi connectivity index (χ2v) is 6.52. The van der Waals surface area contributed by atoms with Gasteiger partial charge in [-0.1, -0.05) is 6.92 Å². The summed E-state index contributed by atoms with van der Waals surface area (Å²) in [6.07, 6.45) is 5.78. The molecule has 1 fully saturated rings. The van der Waals surface area contributed by atoms with Crippen molar-refractivity contribution >= 4 is 23.5 Å². The third-order valence-corrected chi connectivity index (χ3v) is 4.80. The number of likely N-dealkylation sites (tertiary alicyclic amines) is 1. The summed E-state index contributed by atoms with van der Waals surface area (Å²) < 4.78 is 4.69. The van der Waals surface area contributed by atoms with Gasteiger partial charge >= 0.3 is 5.97 Å². The molecule has 27 heavy (non-hydrogen) atoms. The lowest BCUT2D eigenvalue weighted by Gasteiger charge is -2.35. The van der Waals surface area contributed by atoms with Crippen LogP contribution in [0.15, 0.2) is 36.5 Å². The minimum absolute atomic E-state index is 0.0481. The lowest BCUT2D eigenvalue weighted by atomic mass is 9.99. The maximum atomic E-state index is 12.9. The van der Waals surface area contributed by atoms with E-state index in [1.807, 2.05) is 4.90 Å². The van der Waals surface area contributed by atoms with E-state index in [1.54, 1.807) is 36.5 Å². The van der Waals surface area contributed by atoms with Gasteiger partial charge in [0.05, 0.1) is 12.7 Å². The predicted molar refractivity (Wildman–Crippen MR) is 102 cm³/mol. The van der Waals surface area contributed by atoms with E-state index in [4.69, 9.17) is 0 Å². The Labute approximate surface area is 158 Å². The van der Waals surface area contributed by atoms with Crippen molar-refractivity contribution in [2.45, 2.75) is 38.6 Å². The summed E-state index contributed by atoms with van der Waals surface area (Å²) in [6, 6.07) is 8.72. The number of benzene rings is 1. The second-order valence-electron chi connectivity index (χ2n) is 6.52. The van der Waals surface area contributed by atoms with Crippen LogP contribution in [0, 0.1) is 0 Å². The summed E-state index contributed by atoms with van der Waals surface area (Å²) in [5, 5.41) is 3.07. The number of carbonyl (C=O) groups excluding carboxylic acids is 2. The monoisotopic (exact) mass is 368 g/mol. The molecule has 1 unspecified atom stereocenters. The van der Waals surface area contributed by atoms with Gasteiger partial charge in [0, 0.05) is 24.5 Å². The largest absolute Gasteiger partial charge is 0.465 e. The zero-order valence-corrected chi connectivity index (χ0v) is 15.6. The van der Waals surface area contributed by atoms with Crippen LogP contribution in [0.5, 0.6) is 0 Å². The third kappa shape index (κ3) is 4.42. The van der Waals surface area contributed by atoms with Crippen molar-refractivity contribution in [1.82, 2.24) is 14.9 Å². The van der Waals surface area contributed by atoms with Crippen molar-refractivity contribution in [2.75, 3.05) is 19.0 Å². The molecule has 1 atom stereocenters. The molecule has 0 bridgehead atoms. The fraction of sp³-hybridized carbons (Fsp3) is 0.400. The molecule has 1 saturated heterocycles. The SMILES string of the molecule is CCC1CCCCN1C(=O)c1ccnc(Nc2ccc(C(=O)OC)cc2)n1.